The summed E-state index contributed by atoms with van der Waals surface area (Å²) < 4.78 is 9.77. The van der Waals surface area contributed by atoms with Gasteiger partial charge in [-0.2, -0.15) is 13.8 Å². The summed E-state index contributed by atoms with van der Waals surface area (Å²) in [4.78, 5) is 0. The van der Waals surface area contributed by atoms with Crippen molar-refractivity contribution in [1.82, 2.24) is 18.5 Å². The van der Waals surface area contributed by atoms with Gasteiger partial charge in [-0.15, -0.1) is 0 Å². The predicted octanol–water partition coefficient (Wildman–Crippen LogP) is 1.89. The Morgan fingerprint density at radius 1 is 1.60 bits per heavy atom. The Kier molecular flexibility index (Phi) is 3.17. The van der Waals surface area contributed by atoms with Gasteiger partial charge in [-0.3, -0.25) is 4.68 Å². The first-order chi connectivity index (χ1) is 7.25. The molecule has 80 valence electrons. The third-order valence-corrected chi connectivity index (χ3v) is 2.74. The van der Waals surface area contributed by atoms with Crippen molar-refractivity contribution in [2.24, 2.45) is 0 Å². The minimum absolute atomic E-state index is 0.200. The van der Waals surface area contributed by atoms with Crippen LogP contribution in [0.2, 0.25) is 5.15 Å². The van der Waals surface area contributed by atoms with Crippen molar-refractivity contribution < 1.29 is 0 Å². The monoisotopic (exact) mass is 243 g/mol. The van der Waals surface area contributed by atoms with Crippen molar-refractivity contribution in [3.8, 4) is 0 Å². The van der Waals surface area contributed by atoms with Crippen molar-refractivity contribution >= 4 is 29.1 Å². The third kappa shape index (κ3) is 2.66. The highest BCUT2D eigenvalue weighted by Crippen LogP contribution is 2.18. The van der Waals surface area contributed by atoms with E-state index in [1.807, 2.05) is 23.9 Å². The molecule has 2 aromatic rings. The lowest BCUT2D eigenvalue weighted by Gasteiger charge is -2.12. The second-order valence-electron chi connectivity index (χ2n) is 3.18. The van der Waals surface area contributed by atoms with Crippen molar-refractivity contribution in [1.29, 1.82) is 0 Å². The average molecular weight is 244 g/mol. The summed E-state index contributed by atoms with van der Waals surface area (Å²) in [6.07, 6.45) is 3.67. The van der Waals surface area contributed by atoms with E-state index in [2.05, 4.69) is 19.2 Å². The first kappa shape index (κ1) is 10.4. The summed E-state index contributed by atoms with van der Waals surface area (Å²) in [5.74, 6) is 0.640. The summed E-state index contributed by atoms with van der Waals surface area (Å²) in [6.45, 7) is 2.80. The molecular formula is C8H10ClN5S. The summed E-state index contributed by atoms with van der Waals surface area (Å²) in [5, 5.41) is 7.71. The molecule has 0 aliphatic heterocycles. The van der Waals surface area contributed by atoms with Crippen LogP contribution >= 0.6 is 23.3 Å². The molecule has 0 radical (unpaired) electrons. The SMILES string of the molecule is CC(Cn1cccn1)Nc1nsnc1Cl. The van der Waals surface area contributed by atoms with Gasteiger partial charge in [-0.05, 0) is 13.0 Å². The second kappa shape index (κ2) is 4.59. The van der Waals surface area contributed by atoms with Gasteiger partial charge in [0.15, 0.2) is 11.0 Å². The van der Waals surface area contributed by atoms with E-state index >= 15 is 0 Å². The average Bonchev–Trinajstić information content (AvgIpc) is 2.79. The molecule has 0 amide bonds. The Morgan fingerprint density at radius 3 is 3.07 bits per heavy atom. The normalized spacial score (nSPS) is 12.7. The third-order valence-electron chi connectivity index (χ3n) is 1.85. The number of rotatable bonds is 4. The van der Waals surface area contributed by atoms with Gasteiger partial charge in [0.2, 0.25) is 0 Å². The fraction of sp³-hybridized carbons (Fsp3) is 0.375. The molecule has 1 atom stereocenters. The number of halogens is 1. The largest absolute Gasteiger partial charge is 0.362 e. The van der Waals surface area contributed by atoms with Crippen LogP contribution in [0.3, 0.4) is 0 Å². The molecule has 0 spiro atoms. The van der Waals surface area contributed by atoms with Crippen molar-refractivity contribution in [3.63, 3.8) is 0 Å². The molecule has 0 fully saturated rings. The summed E-state index contributed by atoms with van der Waals surface area (Å²) in [5.41, 5.74) is 0. The highest BCUT2D eigenvalue weighted by molar-refractivity contribution is 6.99. The van der Waals surface area contributed by atoms with Gasteiger partial charge in [0.05, 0.1) is 18.3 Å². The van der Waals surface area contributed by atoms with Gasteiger partial charge >= 0.3 is 0 Å². The standard InChI is InChI=1S/C8H10ClN5S/c1-6(5-14-4-2-3-10-14)11-8-7(9)12-15-13-8/h2-4,6H,5H2,1H3,(H,11,13). The first-order valence-electron chi connectivity index (χ1n) is 4.47. The lowest BCUT2D eigenvalue weighted by Crippen LogP contribution is -2.22. The van der Waals surface area contributed by atoms with E-state index in [4.69, 9.17) is 11.6 Å². The van der Waals surface area contributed by atoms with Crippen LogP contribution in [0.15, 0.2) is 18.5 Å². The molecule has 0 bridgehead atoms. The summed E-state index contributed by atoms with van der Waals surface area (Å²) in [7, 11) is 0. The number of hydrogen-bond acceptors (Lipinski definition) is 5. The fourth-order valence-corrected chi connectivity index (χ4v) is 1.89. The smallest absolute Gasteiger partial charge is 0.186 e. The van der Waals surface area contributed by atoms with Gasteiger partial charge in [-0.1, -0.05) is 11.6 Å². The maximum Gasteiger partial charge on any atom is 0.186 e. The first-order valence-corrected chi connectivity index (χ1v) is 5.58. The van der Waals surface area contributed by atoms with E-state index in [0.29, 0.717) is 11.0 Å². The van der Waals surface area contributed by atoms with Crippen LogP contribution in [0.25, 0.3) is 0 Å². The van der Waals surface area contributed by atoms with E-state index in [-0.39, 0.29) is 6.04 Å². The van der Waals surface area contributed by atoms with Crippen molar-refractivity contribution in [2.45, 2.75) is 19.5 Å². The zero-order valence-electron chi connectivity index (χ0n) is 8.09. The molecule has 1 N–H and O–H groups in total. The predicted molar refractivity (Wildman–Crippen MR) is 60.2 cm³/mol. The molecule has 0 saturated heterocycles. The number of aromatic nitrogens is 4. The highest BCUT2D eigenvalue weighted by Gasteiger charge is 2.09. The van der Waals surface area contributed by atoms with Gasteiger partial charge < -0.3 is 5.32 Å². The zero-order chi connectivity index (χ0) is 10.7. The molecule has 15 heavy (non-hydrogen) atoms. The lowest BCUT2D eigenvalue weighted by atomic mass is 10.3. The molecule has 0 saturated carbocycles. The van der Waals surface area contributed by atoms with Crippen molar-refractivity contribution in [3.05, 3.63) is 23.6 Å². The van der Waals surface area contributed by atoms with E-state index in [9.17, 15) is 0 Å². The molecule has 0 aliphatic rings. The van der Waals surface area contributed by atoms with E-state index in [1.165, 1.54) is 0 Å². The van der Waals surface area contributed by atoms with Crippen LogP contribution in [-0.4, -0.2) is 24.6 Å². The van der Waals surface area contributed by atoms with Gasteiger partial charge in [0, 0.05) is 18.4 Å². The number of anilines is 1. The maximum atomic E-state index is 5.82. The molecule has 2 aromatic heterocycles. The molecule has 2 heterocycles. The lowest BCUT2D eigenvalue weighted by molar-refractivity contribution is 0.560. The summed E-state index contributed by atoms with van der Waals surface area (Å²) in [6, 6.07) is 2.09. The number of nitrogens with one attached hydrogen (secondary N) is 1. The summed E-state index contributed by atoms with van der Waals surface area (Å²) >= 11 is 6.92. The van der Waals surface area contributed by atoms with Crippen molar-refractivity contribution in [2.75, 3.05) is 5.32 Å². The Morgan fingerprint density at radius 2 is 2.47 bits per heavy atom. The molecule has 5 nitrogen and oxygen atoms in total. The van der Waals surface area contributed by atoms with E-state index < -0.39 is 0 Å². The second-order valence-corrected chi connectivity index (χ2v) is 4.06. The van der Waals surface area contributed by atoms with Crippen LogP contribution in [0, 0.1) is 0 Å². The Bertz CT molecular complexity index is 412. The van der Waals surface area contributed by atoms with Crippen LogP contribution in [0.4, 0.5) is 5.82 Å². The Hall–Kier alpha value is -1.14. The zero-order valence-corrected chi connectivity index (χ0v) is 9.66. The van der Waals surface area contributed by atoms with Gasteiger partial charge in [0.1, 0.15) is 0 Å². The number of nitrogens with zero attached hydrogens (tertiary/aromatic N) is 4. The molecule has 1 unspecified atom stereocenters. The van der Waals surface area contributed by atoms with Crippen LogP contribution in [0.5, 0.6) is 0 Å². The molecule has 0 aliphatic carbocycles. The van der Waals surface area contributed by atoms with E-state index in [0.717, 1.165) is 18.3 Å². The van der Waals surface area contributed by atoms with Gasteiger partial charge in [-0.25, -0.2) is 0 Å². The van der Waals surface area contributed by atoms with Crippen LogP contribution in [-0.2, 0) is 6.54 Å². The van der Waals surface area contributed by atoms with Crippen LogP contribution < -0.4 is 5.32 Å². The van der Waals surface area contributed by atoms with E-state index in [1.54, 1.807) is 6.20 Å². The minimum atomic E-state index is 0.200. The molecule has 2 rings (SSSR count). The minimum Gasteiger partial charge on any atom is -0.362 e. The molecule has 7 heteroatoms. The molecular weight excluding hydrogens is 234 g/mol. The highest BCUT2D eigenvalue weighted by atomic mass is 35.5. The number of hydrogen-bond donors (Lipinski definition) is 1. The quantitative estimate of drug-likeness (QED) is 0.891. The Labute approximate surface area is 96.4 Å². The topological polar surface area (TPSA) is 55.6 Å². The van der Waals surface area contributed by atoms with Crippen LogP contribution in [0.1, 0.15) is 6.92 Å². The van der Waals surface area contributed by atoms with Gasteiger partial charge in [0.25, 0.3) is 0 Å². The maximum absolute atomic E-state index is 5.82. The molecule has 0 aromatic carbocycles. The fourth-order valence-electron chi connectivity index (χ4n) is 1.23. The Balaban J connectivity index is 1.93.